The summed E-state index contributed by atoms with van der Waals surface area (Å²) in [4.78, 5) is 16.9. The highest BCUT2D eigenvalue weighted by Crippen LogP contribution is 2.36. The second kappa shape index (κ2) is 10.6. The number of pyridine rings is 1. The highest BCUT2D eigenvalue weighted by Gasteiger charge is 2.30. The van der Waals surface area contributed by atoms with Gasteiger partial charge >= 0.3 is 0 Å². The lowest BCUT2D eigenvalue weighted by atomic mass is 10.2. The molecule has 1 amide bonds. The average molecular weight is 492 g/mol. The van der Waals surface area contributed by atoms with Crippen molar-refractivity contribution in [1.29, 1.82) is 0 Å². The molecule has 0 spiro atoms. The maximum atomic E-state index is 14.1. The zero-order valence-corrected chi connectivity index (χ0v) is 20.0. The van der Waals surface area contributed by atoms with Crippen molar-refractivity contribution in [2.45, 2.75) is 19.2 Å². The first-order valence-corrected chi connectivity index (χ1v) is 11.4. The first-order chi connectivity index (χ1) is 16.8. The molecule has 0 saturated carbocycles. The van der Waals surface area contributed by atoms with Gasteiger partial charge in [-0.3, -0.25) is 4.79 Å². The van der Waals surface area contributed by atoms with Gasteiger partial charge in [0, 0.05) is 5.56 Å². The van der Waals surface area contributed by atoms with Crippen LogP contribution < -0.4 is 10.1 Å². The van der Waals surface area contributed by atoms with Crippen LogP contribution >= 0.6 is 9.24 Å². The summed E-state index contributed by atoms with van der Waals surface area (Å²) in [6, 6.07) is 20.9. The summed E-state index contributed by atoms with van der Waals surface area (Å²) in [7, 11) is 1.52. The summed E-state index contributed by atoms with van der Waals surface area (Å²) in [5.41, 5.74) is -1.31. The first kappa shape index (κ1) is 24.2. The van der Waals surface area contributed by atoms with Gasteiger partial charge in [0.25, 0.3) is 11.6 Å². The second-order valence-corrected chi connectivity index (χ2v) is 8.37. The minimum atomic E-state index is -3.17. The summed E-state index contributed by atoms with van der Waals surface area (Å²) < 4.78 is 35.1. The smallest absolute Gasteiger partial charge is 0.300 e. The number of hydrogen-bond donors (Lipinski definition) is 1. The fourth-order valence-corrected chi connectivity index (χ4v) is 3.53. The molecule has 9 heteroatoms. The summed E-state index contributed by atoms with van der Waals surface area (Å²) in [5.74, 6) is 0.461. The van der Waals surface area contributed by atoms with Gasteiger partial charge < -0.3 is 10.1 Å². The van der Waals surface area contributed by atoms with Gasteiger partial charge in [0.1, 0.15) is 23.9 Å². The van der Waals surface area contributed by atoms with E-state index in [0.717, 1.165) is 10.2 Å². The standard InChI is InChI=1S/C26H23F2N4O2P/c1-2-7-20-15-23(26(27,28)35)32(31-20)21-12-13-24(29-16-21)30-25(33)19-10-6-11-22(14-19)34-17-18-8-4-3-5-9-18/h2-16H,17,35H2,1H3,(H,29,30,33)/b7-2+. The highest BCUT2D eigenvalue weighted by molar-refractivity contribution is 7.17. The highest BCUT2D eigenvalue weighted by atomic mass is 31.0. The van der Waals surface area contributed by atoms with Crippen molar-refractivity contribution in [3.63, 3.8) is 0 Å². The average Bonchev–Trinajstić information content (AvgIpc) is 3.29. The van der Waals surface area contributed by atoms with Crippen LogP contribution in [0, 0.1) is 0 Å². The van der Waals surface area contributed by atoms with E-state index in [1.165, 1.54) is 27.6 Å². The van der Waals surface area contributed by atoms with E-state index in [0.29, 0.717) is 29.3 Å². The van der Waals surface area contributed by atoms with Gasteiger partial charge in [-0.05, 0) is 55.0 Å². The van der Waals surface area contributed by atoms with Crippen molar-refractivity contribution in [2.24, 2.45) is 0 Å². The molecule has 0 bridgehead atoms. The van der Waals surface area contributed by atoms with E-state index in [1.54, 1.807) is 49.4 Å². The monoisotopic (exact) mass is 492 g/mol. The zero-order chi connectivity index (χ0) is 24.8. The molecule has 1 N–H and O–H groups in total. The molecule has 0 saturated heterocycles. The Morgan fingerprint density at radius 3 is 2.60 bits per heavy atom. The van der Waals surface area contributed by atoms with Gasteiger partial charge in [-0.15, -0.1) is 0 Å². The lowest BCUT2D eigenvalue weighted by molar-refractivity contribution is 0.0955. The Hall–Kier alpha value is -3.90. The van der Waals surface area contributed by atoms with Crippen molar-refractivity contribution < 1.29 is 18.3 Å². The van der Waals surface area contributed by atoms with Crippen molar-refractivity contribution in [3.05, 3.63) is 108 Å². The predicted octanol–water partition coefficient (Wildman–Crippen LogP) is 6.06. The number of aromatic nitrogens is 3. The molecule has 1 unspecified atom stereocenters. The van der Waals surface area contributed by atoms with Crippen LogP contribution in [0.4, 0.5) is 14.6 Å². The Labute approximate surface area is 203 Å². The minimum Gasteiger partial charge on any atom is -0.489 e. The third-order valence-electron chi connectivity index (χ3n) is 4.99. The van der Waals surface area contributed by atoms with Crippen molar-refractivity contribution in [3.8, 4) is 11.4 Å². The minimum absolute atomic E-state index is 0.273. The molecular formula is C26H23F2N4O2P. The third-order valence-corrected chi connectivity index (χ3v) is 5.28. The largest absolute Gasteiger partial charge is 0.489 e. The summed E-state index contributed by atoms with van der Waals surface area (Å²) in [5, 5.41) is 6.93. The van der Waals surface area contributed by atoms with Crippen LogP contribution in [0.3, 0.4) is 0 Å². The van der Waals surface area contributed by atoms with E-state index < -0.39 is 5.66 Å². The molecule has 1 atom stereocenters. The van der Waals surface area contributed by atoms with Crippen LogP contribution in [0.15, 0.2) is 85.1 Å². The lowest BCUT2D eigenvalue weighted by Crippen LogP contribution is -2.14. The number of rotatable bonds is 8. The number of alkyl halides is 2. The Morgan fingerprint density at radius 2 is 1.91 bits per heavy atom. The molecule has 2 aromatic carbocycles. The normalized spacial score (nSPS) is 11.5. The number of hydrogen-bond acceptors (Lipinski definition) is 4. The number of carbonyl (C=O) groups excluding carboxylic acids is 1. The Balaban J connectivity index is 1.46. The predicted molar refractivity (Wildman–Crippen MR) is 135 cm³/mol. The SMILES string of the molecule is C/C=C/c1cc(C(F)(F)P)n(-c2ccc(NC(=O)c3cccc(OCc4ccccc4)c3)nc2)n1. The summed E-state index contributed by atoms with van der Waals surface area (Å²) in [6.07, 6.45) is 4.73. The fourth-order valence-electron chi connectivity index (χ4n) is 3.33. The molecular weight excluding hydrogens is 469 g/mol. The molecule has 6 nitrogen and oxygen atoms in total. The van der Waals surface area contributed by atoms with Gasteiger partial charge in [-0.25, -0.2) is 9.67 Å². The molecule has 0 radical (unpaired) electrons. The van der Waals surface area contributed by atoms with Crippen LogP contribution in [-0.4, -0.2) is 20.7 Å². The maximum absolute atomic E-state index is 14.1. The van der Waals surface area contributed by atoms with Crippen LogP contribution in [0.1, 0.15) is 34.2 Å². The molecule has 0 fully saturated rings. The summed E-state index contributed by atoms with van der Waals surface area (Å²) in [6.45, 7) is 2.16. The van der Waals surface area contributed by atoms with E-state index in [9.17, 15) is 13.6 Å². The topological polar surface area (TPSA) is 69.0 Å². The van der Waals surface area contributed by atoms with E-state index in [-0.39, 0.29) is 17.4 Å². The Kier molecular flexibility index (Phi) is 7.32. The number of nitrogens with one attached hydrogen (secondary N) is 1. The Bertz CT molecular complexity index is 1330. The number of allylic oxidation sites excluding steroid dienone is 1. The van der Waals surface area contributed by atoms with Gasteiger partial charge in [0.2, 0.25) is 0 Å². The van der Waals surface area contributed by atoms with E-state index >= 15 is 0 Å². The van der Waals surface area contributed by atoms with Crippen LogP contribution in [0.5, 0.6) is 5.75 Å². The molecule has 2 heterocycles. The van der Waals surface area contributed by atoms with Gasteiger partial charge in [0.05, 0.1) is 17.6 Å². The number of amides is 1. The van der Waals surface area contributed by atoms with Crippen LogP contribution in [0.25, 0.3) is 11.8 Å². The second-order valence-electron chi connectivity index (χ2n) is 7.65. The van der Waals surface area contributed by atoms with E-state index in [1.807, 2.05) is 30.3 Å². The molecule has 2 aromatic heterocycles. The fraction of sp³-hybridized carbons (Fsp3) is 0.115. The van der Waals surface area contributed by atoms with Gasteiger partial charge in [-0.1, -0.05) is 51.7 Å². The van der Waals surface area contributed by atoms with Crippen LogP contribution in [-0.2, 0) is 12.3 Å². The third kappa shape index (κ3) is 6.16. The van der Waals surface area contributed by atoms with Gasteiger partial charge in [0.15, 0.2) is 0 Å². The molecule has 4 rings (SSSR count). The first-order valence-electron chi connectivity index (χ1n) is 10.8. The number of anilines is 1. The molecule has 178 valence electrons. The Morgan fingerprint density at radius 1 is 1.11 bits per heavy atom. The maximum Gasteiger partial charge on any atom is 0.300 e. The van der Waals surface area contributed by atoms with E-state index in [2.05, 4.69) is 15.4 Å². The summed E-state index contributed by atoms with van der Waals surface area (Å²) >= 11 is 0. The van der Waals surface area contributed by atoms with E-state index in [4.69, 9.17) is 4.74 Å². The number of benzene rings is 2. The molecule has 4 aromatic rings. The quantitative estimate of drug-likeness (QED) is 0.304. The molecule has 0 aliphatic carbocycles. The number of halogens is 2. The number of nitrogens with zero attached hydrogens (tertiary/aromatic N) is 3. The van der Waals surface area contributed by atoms with Gasteiger partial charge in [-0.2, -0.15) is 13.9 Å². The zero-order valence-electron chi connectivity index (χ0n) is 18.9. The van der Waals surface area contributed by atoms with Crippen molar-refractivity contribution in [2.75, 3.05) is 5.32 Å². The molecule has 35 heavy (non-hydrogen) atoms. The molecule has 0 aliphatic heterocycles. The number of carbonyl (C=O) groups is 1. The van der Waals surface area contributed by atoms with Crippen LogP contribution in [0.2, 0.25) is 0 Å². The van der Waals surface area contributed by atoms with Crippen molar-refractivity contribution >= 4 is 27.0 Å². The van der Waals surface area contributed by atoms with Crippen molar-refractivity contribution in [1.82, 2.24) is 14.8 Å². The molecule has 0 aliphatic rings. The number of ether oxygens (including phenoxy) is 1. The lowest BCUT2D eigenvalue weighted by Gasteiger charge is -2.13.